The van der Waals surface area contributed by atoms with Crippen molar-refractivity contribution < 1.29 is 0 Å². The van der Waals surface area contributed by atoms with Crippen LogP contribution in [-0.2, 0) is 0 Å². The van der Waals surface area contributed by atoms with Gasteiger partial charge in [0.2, 0.25) is 0 Å². The number of rotatable bonds is 7. The molecule has 1 rings (SSSR count). The van der Waals surface area contributed by atoms with Crippen LogP contribution in [0.25, 0.3) is 0 Å². The van der Waals surface area contributed by atoms with Crippen LogP contribution in [0.2, 0.25) is 0 Å². The summed E-state index contributed by atoms with van der Waals surface area (Å²) in [5.41, 5.74) is 6.57. The van der Waals surface area contributed by atoms with Gasteiger partial charge in [-0.3, -0.25) is 0 Å². The van der Waals surface area contributed by atoms with Crippen molar-refractivity contribution in [3.63, 3.8) is 0 Å². The lowest BCUT2D eigenvalue weighted by Gasteiger charge is -2.30. The van der Waals surface area contributed by atoms with E-state index in [4.69, 9.17) is 18.0 Å². The fraction of sp³-hybridized carbons (Fsp3) is 0.571. The van der Waals surface area contributed by atoms with Gasteiger partial charge in [0.1, 0.15) is 10.8 Å². The van der Waals surface area contributed by atoms with Gasteiger partial charge in [0, 0.05) is 24.3 Å². The van der Waals surface area contributed by atoms with E-state index in [-0.39, 0.29) is 0 Å². The highest BCUT2D eigenvalue weighted by atomic mass is 32.1. The third-order valence-electron chi connectivity index (χ3n) is 3.20. The summed E-state index contributed by atoms with van der Waals surface area (Å²) in [5, 5.41) is 0. The summed E-state index contributed by atoms with van der Waals surface area (Å²) in [5.74, 6) is 0.975. The van der Waals surface area contributed by atoms with E-state index in [1.807, 2.05) is 12.1 Å². The van der Waals surface area contributed by atoms with E-state index in [9.17, 15) is 0 Å². The molecule has 1 aromatic rings. The van der Waals surface area contributed by atoms with E-state index < -0.39 is 0 Å². The number of pyridine rings is 1. The Morgan fingerprint density at radius 2 is 2.22 bits per heavy atom. The lowest BCUT2D eigenvalue weighted by molar-refractivity contribution is 0.589. The molecule has 0 fully saturated rings. The predicted molar refractivity (Wildman–Crippen MR) is 82.1 cm³/mol. The maximum Gasteiger partial charge on any atom is 0.129 e. The first-order chi connectivity index (χ1) is 8.60. The second-order valence-electron chi connectivity index (χ2n) is 4.57. The summed E-state index contributed by atoms with van der Waals surface area (Å²) in [7, 11) is 0. The van der Waals surface area contributed by atoms with Crippen LogP contribution in [-0.4, -0.2) is 22.6 Å². The molecule has 0 aliphatic heterocycles. The number of hydrogen-bond acceptors (Lipinski definition) is 3. The molecule has 2 N–H and O–H groups in total. The van der Waals surface area contributed by atoms with Gasteiger partial charge in [0.05, 0.1) is 0 Å². The molecule has 0 radical (unpaired) electrons. The fourth-order valence-electron chi connectivity index (χ4n) is 1.84. The van der Waals surface area contributed by atoms with Crippen molar-refractivity contribution in [2.24, 2.45) is 5.73 Å². The minimum Gasteiger partial charge on any atom is -0.389 e. The highest BCUT2D eigenvalue weighted by Gasteiger charge is 2.14. The standard InChI is InChI=1S/C14H23N3S/c1-4-6-9-17(11(3)5-2)13-10-12(14(15)18)7-8-16-13/h7-8,10-11H,4-6,9H2,1-3H3,(H2,15,18). The summed E-state index contributed by atoms with van der Waals surface area (Å²) >= 11 is 5.02. The Bertz CT molecular complexity index is 392. The quantitative estimate of drug-likeness (QED) is 0.769. The monoisotopic (exact) mass is 265 g/mol. The van der Waals surface area contributed by atoms with Crippen molar-refractivity contribution in [2.45, 2.75) is 46.1 Å². The van der Waals surface area contributed by atoms with Gasteiger partial charge in [-0.05, 0) is 31.9 Å². The van der Waals surface area contributed by atoms with Crippen LogP contribution in [0.3, 0.4) is 0 Å². The van der Waals surface area contributed by atoms with Crippen LogP contribution in [0.4, 0.5) is 5.82 Å². The molecule has 0 saturated heterocycles. The molecule has 4 heteroatoms. The van der Waals surface area contributed by atoms with E-state index in [1.165, 1.54) is 12.8 Å². The molecule has 100 valence electrons. The summed E-state index contributed by atoms with van der Waals surface area (Å²) in [6.45, 7) is 7.65. The molecule has 18 heavy (non-hydrogen) atoms. The summed E-state index contributed by atoms with van der Waals surface area (Å²) in [6.07, 6.45) is 5.24. The molecule has 0 bridgehead atoms. The third kappa shape index (κ3) is 3.95. The maximum atomic E-state index is 5.68. The van der Waals surface area contributed by atoms with Gasteiger partial charge in [0.25, 0.3) is 0 Å². The molecule has 0 aliphatic carbocycles. The van der Waals surface area contributed by atoms with Gasteiger partial charge in [-0.1, -0.05) is 32.5 Å². The largest absolute Gasteiger partial charge is 0.389 e. The van der Waals surface area contributed by atoms with Gasteiger partial charge in [-0.2, -0.15) is 0 Å². The van der Waals surface area contributed by atoms with Gasteiger partial charge < -0.3 is 10.6 Å². The second kappa shape index (κ2) is 7.31. The molecule has 1 atom stereocenters. The minimum atomic E-state index is 0.429. The van der Waals surface area contributed by atoms with Crippen LogP contribution in [0.5, 0.6) is 0 Å². The molecular formula is C14H23N3S. The van der Waals surface area contributed by atoms with Crippen LogP contribution >= 0.6 is 12.2 Å². The molecule has 0 aromatic carbocycles. The first-order valence-electron chi connectivity index (χ1n) is 6.62. The minimum absolute atomic E-state index is 0.429. The Hall–Kier alpha value is -1.16. The molecule has 1 unspecified atom stereocenters. The average molecular weight is 265 g/mol. The van der Waals surface area contributed by atoms with E-state index in [1.54, 1.807) is 6.20 Å². The zero-order valence-electron chi connectivity index (χ0n) is 11.5. The van der Waals surface area contributed by atoms with Crippen molar-refractivity contribution in [1.29, 1.82) is 0 Å². The lowest BCUT2D eigenvalue weighted by atomic mass is 10.1. The second-order valence-corrected chi connectivity index (χ2v) is 5.01. The molecule has 1 heterocycles. The van der Waals surface area contributed by atoms with Crippen LogP contribution in [0.15, 0.2) is 18.3 Å². The average Bonchev–Trinajstić information content (AvgIpc) is 2.39. The van der Waals surface area contributed by atoms with Crippen molar-refractivity contribution >= 4 is 23.0 Å². The summed E-state index contributed by atoms with van der Waals surface area (Å²) < 4.78 is 0. The molecule has 1 aromatic heterocycles. The lowest BCUT2D eigenvalue weighted by Crippen LogP contribution is -2.34. The molecule has 0 amide bonds. The number of anilines is 1. The number of nitrogens with two attached hydrogens (primary N) is 1. The molecule has 0 aliphatic rings. The predicted octanol–water partition coefficient (Wildman–Crippen LogP) is 3.12. The summed E-state index contributed by atoms with van der Waals surface area (Å²) in [6, 6.07) is 4.33. The normalized spacial score (nSPS) is 12.2. The Labute approximate surface area is 115 Å². The highest BCUT2D eigenvalue weighted by Crippen LogP contribution is 2.18. The number of nitrogens with zero attached hydrogens (tertiary/aromatic N) is 2. The highest BCUT2D eigenvalue weighted by molar-refractivity contribution is 7.80. The fourth-order valence-corrected chi connectivity index (χ4v) is 1.97. The Balaban J connectivity index is 2.96. The molecule has 0 saturated carbocycles. The van der Waals surface area contributed by atoms with Crippen LogP contribution in [0, 0.1) is 0 Å². The number of hydrogen-bond donors (Lipinski definition) is 1. The Morgan fingerprint density at radius 3 is 2.78 bits per heavy atom. The Kier molecular flexibility index (Phi) is 6.05. The molecular weight excluding hydrogens is 242 g/mol. The number of unbranched alkanes of at least 4 members (excludes halogenated alkanes) is 1. The zero-order valence-corrected chi connectivity index (χ0v) is 12.3. The topological polar surface area (TPSA) is 42.1 Å². The van der Waals surface area contributed by atoms with Gasteiger partial charge in [-0.25, -0.2) is 4.98 Å². The molecule has 0 spiro atoms. The van der Waals surface area contributed by atoms with Crippen molar-refractivity contribution in [3.8, 4) is 0 Å². The smallest absolute Gasteiger partial charge is 0.129 e. The zero-order chi connectivity index (χ0) is 13.5. The van der Waals surface area contributed by atoms with E-state index >= 15 is 0 Å². The number of thiocarbonyl (C=S) groups is 1. The maximum absolute atomic E-state index is 5.68. The van der Waals surface area contributed by atoms with Gasteiger partial charge >= 0.3 is 0 Å². The van der Waals surface area contributed by atoms with Crippen LogP contribution < -0.4 is 10.6 Å². The SMILES string of the molecule is CCCCN(c1cc(C(N)=S)ccn1)C(C)CC. The Morgan fingerprint density at radius 1 is 1.50 bits per heavy atom. The van der Waals surface area contributed by atoms with Gasteiger partial charge in [-0.15, -0.1) is 0 Å². The number of aromatic nitrogens is 1. The first-order valence-corrected chi connectivity index (χ1v) is 7.03. The van der Waals surface area contributed by atoms with Crippen molar-refractivity contribution in [2.75, 3.05) is 11.4 Å². The van der Waals surface area contributed by atoms with E-state index in [0.29, 0.717) is 11.0 Å². The summed E-state index contributed by atoms with van der Waals surface area (Å²) in [4.78, 5) is 7.22. The van der Waals surface area contributed by atoms with E-state index in [2.05, 4.69) is 30.7 Å². The van der Waals surface area contributed by atoms with Crippen LogP contribution in [0.1, 0.15) is 45.6 Å². The van der Waals surface area contributed by atoms with E-state index in [0.717, 1.165) is 24.3 Å². The van der Waals surface area contributed by atoms with Gasteiger partial charge in [0.15, 0.2) is 0 Å². The van der Waals surface area contributed by atoms with Crippen molar-refractivity contribution in [1.82, 2.24) is 4.98 Å². The van der Waals surface area contributed by atoms with Crippen molar-refractivity contribution in [3.05, 3.63) is 23.9 Å². The first kappa shape index (κ1) is 14.9. The third-order valence-corrected chi connectivity index (χ3v) is 3.44. The molecule has 3 nitrogen and oxygen atoms in total.